The van der Waals surface area contributed by atoms with E-state index in [0.29, 0.717) is 17.8 Å². The number of hydrogen-bond donors (Lipinski definition) is 1. The van der Waals surface area contributed by atoms with Crippen LogP contribution in [0.1, 0.15) is 38.2 Å². The fourth-order valence-corrected chi connectivity index (χ4v) is 4.34. The van der Waals surface area contributed by atoms with Gasteiger partial charge in [-0.2, -0.15) is 0 Å². The van der Waals surface area contributed by atoms with Crippen molar-refractivity contribution in [3.05, 3.63) is 100 Å². The zero-order chi connectivity index (χ0) is 22.6. The molecule has 0 saturated carbocycles. The molecule has 0 radical (unpaired) electrons. The molecule has 1 N–H and O–H groups in total. The lowest BCUT2D eigenvalue weighted by Crippen LogP contribution is -2.30. The number of carbonyl (C=O) groups is 1. The maximum atomic E-state index is 12.5. The van der Waals surface area contributed by atoms with Crippen LogP contribution in [0.15, 0.2) is 66.7 Å². The maximum Gasteiger partial charge on any atom is 0.251 e. The summed E-state index contributed by atoms with van der Waals surface area (Å²) in [7, 11) is -3.47. The molecule has 0 saturated heterocycles. The molecule has 1 amide bonds. The Kier molecular flexibility index (Phi) is 6.81. The number of rotatable bonds is 7. The minimum atomic E-state index is -3.47. The normalized spacial score (nSPS) is 11.2. The van der Waals surface area contributed by atoms with Gasteiger partial charge in [0.05, 0.1) is 18.5 Å². The quantitative estimate of drug-likeness (QED) is 0.593. The molecule has 6 heteroatoms. The van der Waals surface area contributed by atoms with Gasteiger partial charge in [-0.15, -0.1) is 0 Å². The molecule has 0 bridgehead atoms. The van der Waals surface area contributed by atoms with Crippen LogP contribution in [0, 0.1) is 20.8 Å². The van der Waals surface area contributed by atoms with Crippen LogP contribution in [0.5, 0.6) is 0 Å². The van der Waals surface area contributed by atoms with E-state index in [1.807, 2.05) is 63.2 Å². The van der Waals surface area contributed by atoms with Gasteiger partial charge in [-0.3, -0.25) is 9.10 Å². The third-order valence-corrected chi connectivity index (χ3v) is 6.24. The summed E-state index contributed by atoms with van der Waals surface area (Å²) in [5.74, 6) is -0.164. The van der Waals surface area contributed by atoms with Crippen molar-refractivity contribution < 1.29 is 13.2 Å². The van der Waals surface area contributed by atoms with E-state index in [1.54, 1.807) is 24.3 Å². The van der Waals surface area contributed by atoms with Gasteiger partial charge in [0.25, 0.3) is 5.91 Å². The number of nitrogens with one attached hydrogen (secondary N) is 1. The second-order valence-electron chi connectivity index (χ2n) is 7.93. The largest absolute Gasteiger partial charge is 0.348 e. The lowest BCUT2D eigenvalue weighted by atomic mass is 10.1. The monoisotopic (exact) mass is 436 g/mol. The minimum absolute atomic E-state index is 0.164. The standard InChI is InChI=1S/C25H28N2O3S/c1-18-6-5-7-22(14-18)16-26-25(28)23-12-10-21(11-13-23)17-27(31(4,29)30)24-15-19(2)8-9-20(24)3/h5-15H,16-17H2,1-4H3,(H,26,28). The van der Waals surface area contributed by atoms with Gasteiger partial charge in [0.1, 0.15) is 0 Å². The third-order valence-electron chi connectivity index (χ3n) is 5.11. The fraction of sp³-hybridized carbons (Fsp3) is 0.240. The van der Waals surface area contributed by atoms with Crippen molar-refractivity contribution in [3.63, 3.8) is 0 Å². The highest BCUT2D eigenvalue weighted by molar-refractivity contribution is 7.92. The average Bonchev–Trinajstić information content (AvgIpc) is 2.72. The third kappa shape index (κ3) is 5.95. The molecule has 0 aliphatic heterocycles. The van der Waals surface area contributed by atoms with E-state index in [0.717, 1.165) is 27.8 Å². The van der Waals surface area contributed by atoms with Crippen molar-refractivity contribution in [3.8, 4) is 0 Å². The van der Waals surface area contributed by atoms with Gasteiger partial charge in [-0.05, 0) is 61.2 Å². The van der Waals surface area contributed by atoms with E-state index in [9.17, 15) is 13.2 Å². The molecular weight excluding hydrogens is 408 g/mol. The van der Waals surface area contributed by atoms with E-state index in [4.69, 9.17) is 0 Å². The Balaban J connectivity index is 1.73. The summed E-state index contributed by atoms with van der Waals surface area (Å²) in [6.07, 6.45) is 1.21. The first-order chi connectivity index (χ1) is 14.6. The average molecular weight is 437 g/mol. The van der Waals surface area contributed by atoms with Crippen LogP contribution in [-0.4, -0.2) is 20.6 Å². The molecule has 3 rings (SSSR count). The van der Waals surface area contributed by atoms with Crippen LogP contribution in [-0.2, 0) is 23.1 Å². The van der Waals surface area contributed by atoms with Crippen molar-refractivity contribution in [1.82, 2.24) is 5.32 Å². The van der Waals surface area contributed by atoms with Crippen LogP contribution in [0.2, 0.25) is 0 Å². The van der Waals surface area contributed by atoms with Crippen molar-refractivity contribution in [2.75, 3.05) is 10.6 Å². The molecule has 5 nitrogen and oxygen atoms in total. The predicted octanol–water partition coefficient (Wildman–Crippen LogP) is 4.51. The molecule has 0 aliphatic rings. The Morgan fingerprint density at radius 1 is 0.871 bits per heavy atom. The Bertz CT molecular complexity index is 1190. The molecular formula is C25H28N2O3S. The van der Waals surface area contributed by atoms with E-state index < -0.39 is 10.0 Å². The molecule has 0 aromatic heterocycles. The molecule has 0 unspecified atom stereocenters. The summed E-state index contributed by atoms with van der Waals surface area (Å²) in [5, 5.41) is 2.92. The Morgan fingerprint density at radius 2 is 1.55 bits per heavy atom. The summed E-state index contributed by atoms with van der Waals surface area (Å²) < 4.78 is 26.4. The number of hydrogen-bond acceptors (Lipinski definition) is 3. The van der Waals surface area contributed by atoms with E-state index in [-0.39, 0.29) is 12.5 Å². The highest BCUT2D eigenvalue weighted by Crippen LogP contribution is 2.26. The summed E-state index contributed by atoms with van der Waals surface area (Å²) in [6, 6.07) is 20.8. The van der Waals surface area contributed by atoms with Crippen LogP contribution in [0.25, 0.3) is 0 Å². The fourth-order valence-electron chi connectivity index (χ4n) is 3.40. The molecule has 0 atom stereocenters. The Hall–Kier alpha value is -3.12. The summed E-state index contributed by atoms with van der Waals surface area (Å²) in [4.78, 5) is 12.5. The zero-order valence-corrected chi connectivity index (χ0v) is 19.2. The zero-order valence-electron chi connectivity index (χ0n) is 18.3. The lowest BCUT2D eigenvalue weighted by molar-refractivity contribution is 0.0951. The van der Waals surface area contributed by atoms with Crippen molar-refractivity contribution in [1.29, 1.82) is 0 Å². The van der Waals surface area contributed by atoms with Crippen LogP contribution >= 0.6 is 0 Å². The van der Waals surface area contributed by atoms with Crippen LogP contribution in [0.4, 0.5) is 5.69 Å². The molecule has 0 heterocycles. The van der Waals surface area contributed by atoms with E-state index >= 15 is 0 Å². The Morgan fingerprint density at radius 3 is 2.19 bits per heavy atom. The van der Waals surface area contributed by atoms with Crippen molar-refractivity contribution >= 4 is 21.6 Å². The van der Waals surface area contributed by atoms with Gasteiger partial charge in [0.15, 0.2) is 0 Å². The van der Waals surface area contributed by atoms with E-state index in [1.165, 1.54) is 10.6 Å². The smallest absolute Gasteiger partial charge is 0.251 e. The summed E-state index contributed by atoms with van der Waals surface area (Å²) >= 11 is 0. The highest BCUT2D eigenvalue weighted by atomic mass is 32.2. The van der Waals surface area contributed by atoms with Gasteiger partial charge >= 0.3 is 0 Å². The molecule has 31 heavy (non-hydrogen) atoms. The number of amides is 1. The first-order valence-corrected chi connectivity index (χ1v) is 12.0. The second-order valence-corrected chi connectivity index (χ2v) is 9.84. The van der Waals surface area contributed by atoms with E-state index in [2.05, 4.69) is 5.32 Å². The number of nitrogens with zero attached hydrogens (tertiary/aromatic N) is 1. The number of benzene rings is 3. The molecule has 0 fully saturated rings. The van der Waals surface area contributed by atoms with Gasteiger partial charge in [-0.1, -0.05) is 54.1 Å². The number of carbonyl (C=O) groups excluding carboxylic acids is 1. The van der Waals surface area contributed by atoms with Gasteiger partial charge in [0, 0.05) is 12.1 Å². The second kappa shape index (κ2) is 9.35. The number of aryl methyl sites for hydroxylation is 3. The van der Waals surface area contributed by atoms with Gasteiger partial charge in [0.2, 0.25) is 10.0 Å². The topological polar surface area (TPSA) is 66.5 Å². The van der Waals surface area contributed by atoms with Crippen LogP contribution < -0.4 is 9.62 Å². The van der Waals surface area contributed by atoms with Crippen molar-refractivity contribution in [2.24, 2.45) is 0 Å². The maximum absolute atomic E-state index is 12.5. The molecule has 162 valence electrons. The molecule has 0 aliphatic carbocycles. The first-order valence-electron chi connectivity index (χ1n) is 10.1. The van der Waals surface area contributed by atoms with Crippen LogP contribution in [0.3, 0.4) is 0 Å². The predicted molar refractivity (Wildman–Crippen MR) is 126 cm³/mol. The van der Waals surface area contributed by atoms with Gasteiger partial charge < -0.3 is 5.32 Å². The summed E-state index contributed by atoms with van der Waals surface area (Å²) in [6.45, 7) is 6.51. The summed E-state index contributed by atoms with van der Waals surface area (Å²) in [5.41, 5.74) is 6.09. The van der Waals surface area contributed by atoms with Gasteiger partial charge in [-0.25, -0.2) is 8.42 Å². The molecule has 3 aromatic rings. The number of sulfonamides is 1. The van der Waals surface area contributed by atoms with Crippen molar-refractivity contribution in [2.45, 2.75) is 33.9 Å². The lowest BCUT2D eigenvalue weighted by Gasteiger charge is -2.25. The highest BCUT2D eigenvalue weighted by Gasteiger charge is 2.20. The molecule has 0 spiro atoms. The SMILES string of the molecule is Cc1cccc(CNC(=O)c2ccc(CN(c3cc(C)ccc3C)S(C)(=O)=O)cc2)c1. The first kappa shape index (κ1) is 22.6. The number of anilines is 1. The Labute approximate surface area is 184 Å². The minimum Gasteiger partial charge on any atom is -0.348 e. The molecule has 3 aromatic carbocycles.